The number of rotatable bonds is 5. The van der Waals surface area contributed by atoms with Crippen molar-refractivity contribution in [3.63, 3.8) is 0 Å². The number of benzene rings is 2. The summed E-state index contributed by atoms with van der Waals surface area (Å²) in [6, 6.07) is 17.8. The number of anilines is 2. The van der Waals surface area contributed by atoms with Gasteiger partial charge in [0.1, 0.15) is 5.69 Å². The number of pyridine rings is 1. The maximum atomic E-state index is 13.3. The topological polar surface area (TPSA) is 88.7 Å². The van der Waals surface area contributed by atoms with Gasteiger partial charge >= 0.3 is 0 Å². The Balaban J connectivity index is 1.46. The van der Waals surface area contributed by atoms with Crippen molar-refractivity contribution >= 4 is 23.0 Å². The van der Waals surface area contributed by atoms with Gasteiger partial charge in [-0.3, -0.25) is 19.7 Å². The van der Waals surface area contributed by atoms with Gasteiger partial charge in [-0.1, -0.05) is 18.2 Å². The van der Waals surface area contributed by atoms with E-state index in [1.807, 2.05) is 53.6 Å². The number of piperidine rings is 1. The van der Waals surface area contributed by atoms with Crippen molar-refractivity contribution in [2.45, 2.75) is 32.7 Å². The summed E-state index contributed by atoms with van der Waals surface area (Å²) in [6.45, 7) is 6.15. The SMILES string of the molecule is CCN(C(=O)c1ccc(N2CC3CC(C2)c2cccc(=O)n2C3)c([N+](=O)[O-])c1)c1cccc(C)c1. The zero-order valence-corrected chi connectivity index (χ0v) is 19.9. The smallest absolute Gasteiger partial charge is 0.293 e. The predicted octanol–water partition coefficient (Wildman–Crippen LogP) is 4.36. The molecule has 35 heavy (non-hydrogen) atoms. The lowest BCUT2D eigenvalue weighted by Crippen LogP contribution is -2.47. The van der Waals surface area contributed by atoms with Crippen LogP contribution in [0.3, 0.4) is 0 Å². The molecule has 1 aromatic heterocycles. The van der Waals surface area contributed by atoms with E-state index in [1.165, 1.54) is 6.07 Å². The molecule has 2 atom stereocenters. The molecule has 0 aliphatic carbocycles. The number of carbonyl (C=O) groups is 1. The van der Waals surface area contributed by atoms with Gasteiger partial charge in [-0.05, 0) is 62.1 Å². The monoisotopic (exact) mass is 472 g/mol. The molecule has 0 N–H and O–H groups in total. The molecule has 3 heterocycles. The summed E-state index contributed by atoms with van der Waals surface area (Å²) >= 11 is 0. The van der Waals surface area contributed by atoms with Crippen LogP contribution in [0.5, 0.6) is 0 Å². The molecule has 1 amide bonds. The fraction of sp³-hybridized carbons (Fsp3) is 0.333. The van der Waals surface area contributed by atoms with Crippen LogP contribution in [0.1, 0.15) is 40.9 Å². The third-order valence-corrected chi connectivity index (χ3v) is 7.11. The van der Waals surface area contributed by atoms with Crippen LogP contribution in [0.4, 0.5) is 17.1 Å². The second-order valence-electron chi connectivity index (χ2n) is 9.45. The average molecular weight is 473 g/mol. The number of fused-ring (bicyclic) bond motifs is 4. The molecule has 5 rings (SSSR count). The Bertz CT molecular complexity index is 1370. The number of aromatic nitrogens is 1. The van der Waals surface area contributed by atoms with E-state index in [0.29, 0.717) is 31.9 Å². The van der Waals surface area contributed by atoms with Crippen molar-refractivity contribution in [1.82, 2.24) is 4.57 Å². The molecule has 2 aromatic carbocycles. The minimum Gasteiger partial charge on any atom is -0.365 e. The number of carbonyl (C=O) groups excluding carboxylic acids is 1. The van der Waals surface area contributed by atoms with Crippen molar-refractivity contribution in [3.05, 3.63) is 98.0 Å². The van der Waals surface area contributed by atoms with Crippen LogP contribution < -0.4 is 15.4 Å². The van der Waals surface area contributed by atoms with Crippen LogP contribution in [0.2, 0.25) is 0 Å². The van der Waals surface area contributed by atoms with Gasteiger partial charge in [-0.25, -0.2) is 0 Å². The quantitative estimate of drug-likeness (QED) is 0.407. The molecule has 0 saturated carbocycles. The van der Waals surface area contributed by atoms with Crippen molar-refractivity contribution in [2.75, 3.05) is 29.4 Å². The van der Waals surface area contributed by atoms with E-state index in [2.05, 4.69) is 0 Å². The molecule has 180 valence electrons. The Morgan fingerprint density at radius 2 is 1.89 bits per heavy atom. The van der Waals surface area contributed by atoms with Crippen molar-refractivity contribution < 1.29 is 9.72 Å². The maximum absolute atomic E-state index is 13.3. The molecule has 2 aliphatic rings. The Morgan fingerprint density at radius 1 is 1.09 bits per heavy atom. The third kappa shape index (κ3) is 4.20. The Labute approximate surface area is 203 Å². The lowest BCUT2D eigenvalue weighted by Gasteiger charge is -2.43. The first kappa shape index (κ1) is 22.8. The number of hydrogen-bond acceptors (Lipinski definition) is 5. The van der Waals surface area contributed by atoms with Crippen LogP contribution in [0, 0.1) is 23.0 Å². The summed E-state index contributed by atoms with van der Waals surface area (Å²) in [6.07, 6.45) is 0.965. The second kappa shape index (κ2) is 9.02. The van der Waals surface area contributed by atoms with Gasteiger partial charge in [0.15, 0.2) is 0 Å². The largest absolute Gasteiger partial charge is 0.365 e. The van der Waals surface area contributed by atoms with E-state index in [-0.39, 0.29) is 34.6 Å². The van der Waals surface area contributed by atoms with E-state index in [0.717, 1.165) is 23.4 Å². The van der Waals surface area contributed by atoms with Crippen LogP contribution in [-0.2, 0) is 6.54 Å². The van der Waals surface area contributed by atoms with Crippen molar-refractivity contribution in [3.8, 4) is 0 Å². The summed E-state index contributed by atoms with van der Waals surface area (Å²) in [4.78, 5) is 41.0. The number of nitrogens with zero attached hydrogens (tertiary/aromatic N) is 4. The van der Waals surface area contributed by atoms with E-state index < -0.39 is 4.92 Å². The van der Waals surface area contributed by atoms with Gasteiger partial charge in [0.05, 0.1) is 4.92 Å². The molecule has 1 saturated heterocycles. The van der Waals surface area contributed by atoms with Gasteiger partial charge < -0.3 is 14.4 Å². The lowest BCUT2D eigenvalue weighted by atomic mass is 9.83. The van der Waals surface area contributed by atoms with Gasteiger partial charge in [-0.2, -0.15) is 0 Å². The lowest BCUT2D eigenvalue weighted by molar-refractivity contribution is -0.384. The number of amides is 1. The first-order chi connectivity index (χ1) is 16.9. The van der Waals surface area contributed by atoms with E-state index in [4.69, 9.17) is 0 Å². The molecular weight excluding hydrogens is 444 g/mol. The Hall–Kier alpha value is -3.94. The Kier molecular flexibility index (Phi) is 5.88. The summed E-state index contributed by atoms with van der Waals surface area (Å²) < 4.78 is 1.84. The Morgan fingerprint density at radius 3 is 2.63 bits per heavy atom. The third-order valence-electron chi connectivity index (χ3n) is 7.11. The summed E-state index contributed by atoms with van der Waals surface area (Å²) in [7, 11) is 0. The molecular formula is C27H28N4O4. The molecule has 0 spiro atoms. The second-order valence-corrected chi connectivity index (χ2v) is 9.45. The molecule has 2 bridgehead atoms. The predicted molar refractivity (Wildman–Crippen MR) is 135 cm³/mol. The zero-order valence-electron chi connectivity index (χ0n) is 19.9. The normalized spacial score (nSPS) is 18.6. The number of aryl methyl sites for hydroxylation is 1. The van der Waals surface area contributed by atoms with Crippen molar-refractivity contribution in [2.24, 2.45) is 5.92 Å². The molecule has 2 unspecified atom stereocenters. The number of nitro benzene ring substituents is 1. The number of nitro groups is 1. The zero-order chi connectivity index (χ0) is 24.7. The standard InChI is InChI=1S/C27H28N4O4/c1-3-29(22-7-4-6-18(2)12-22)27(33)20-10-11-24(25(14-20)31(34)35)28-15-19-13-21(17-28)23-8-5-9-26(32)30(23)16-19/h4-12,14,19,21H,3,13,15-17H2,1-2H3. The molecule has 8 nitrogen and oxygen atoms in total. The minimum absolute atomic E-state index is 0.00795. The van der Waals surface area contributed by atoms with E-state index >= 15 is 0 Å². The molecule has 1 fully saturated rings. The highest BCUT2D eigenvalue weighted by Gasteiger charge is 2.36. The first-order valence-corrected chi connectivity index (χ1v) is 12.0. The van der Waals surface area contributed by atoms with E-state index in [1.54, 1.807) is 29.2 Å². The van der Waals surface area contributed by atoms with Crippen LogP contribution in [0.25, 0.3) is 0 Å². The van der Waals surface area contributed by atoms with Crippen molar-refractivity contribution in [1.29, 1.82) is 0 Å². The fourth-order valence-corrected chi connectivity index (χ4v) is 5.56. The molecule has 3 aromatic rings. The molecule has 2 aliphatic heterocycles. The van der Waals surface area contributed by atoms with Crippen LogP contribution in [0.15, 0.2) is 65.5 Å². The highest BCUT2D eigenvalue weighted by molar-refractivity contribution is 6.06. The highest BCUT2D eigenvalue weighted by Crippen LogP contribution is 2.40. The van der Waals surface area contributed by atoms with Crippen LogP contribution >= 0.6 is 0 Å². The summed E-state index contributed by atoms with van der Waals surface area (Å²) in [5.41, 5.74) is 3.54. The number of hydrogen-bond donors (Lipinski definition) is 0. The van der Waals surface area contributed by atoms with Gasteiger partial charge in [0.25, 0.3) is 17.2 Å². The minimum atomic E-state index is -0.405. The van der Waals surface area contributed by atoms with Gasteiger partial charge in [0.2, 0.25) is 0 Å². The summed E-state index contributed by atoms with van der Waals surface area (Å²) in [5.74, 6) is 0.102. The highest BCUT2D eigenvalue weighted by atomic mass is 16.6. The maximum Gasteiger partial charge on any atom is 0.293 e. The van der Waals surface area contributed by atoms with Gasteiger partial charge in [0, 0.05) is 61.2 Å². The first-order valence-electron chi connectivity index (χ1n) is 12.0. The average Bonchev–Trinajstić information content (AvgIpc) is 2.84. The van der Waals surface area contributed by atoms with Crippen LogP contribution in [-0.4, -0.2) is 35.0 Å². The van der Waals surface area contributed by atoms with E-state index in [9.17, 15) is 19.7 Å². The fourth-order valence-electron chi connectivity index (χ4n) is 5.56. The molecule has 0 radical (unpaired) electrons. The summed E-state index contributed by atoms with van der Waals surface area (Å²) in [5, 5.41) is 12.1. The molecule has 8 heteroatoms. The van der Waals surface area contributed by atoms with Gasteiger partial charge in [-0.15, -0.1) is 0 Å².